The maximum Gasteiger partial charge on any atom is 0.251 e. The first-order valence-corrected chi connectivity index (χ1v) is 11.7. The lowest BCUT2D eigenvalue weighted by Crippen LogP contribution is -2.15. The molecule has 1 aromatic heterocycles. The monoisotopic (exact) mass is 464 g/mol. The van der Waals surface area contributed by atoms with E-state index >= 15 is 0 Å². The van der Waals surface area contributed by atoms with Gasteiger partial charge in [-0.15, -0.1) is 0 Å². The highest BCUT2D eigenvalue weighted by Crippen LogP contribution is 2.42. The summed E-state index contributed by atoms with van der Waals surface area (Å²) in [5.74, 6) is -0.341. The molecule has 0 saturated heterocycles. The van der Waals surface area contributed by atoms with Crippen molar-refractivity contribution in [3.63, 3.8) is 0 Å². The van der Waals surface area contributed by atoms with Crippen LogP contribution in [0.4, 0.5) is 0 Å². The molecule has 1 atom stereocenters. The quantitative estimate of drug-likeness (QED) is 0.393. The number of unbranched alkanes of at least 4 members (excludes halogenated alkanes) is 2. The van der Waals surface area contributed by atoms with E-state index in [4.69, 9.17) is 5.73 Å². The number of rotatable bonds is 7. The summed E-state index contributed by atoms with van der Waals surface area (Å²) in [5.41, 5.74) is 13.7. The predicted octanol–water partition coefficient (Wildman–Crippen LogP) is 6.59. The van der Waals surface area contributed by atoms with Crippen LogP contribution in [0.2, 0.25) is 0 Å². The normalized spacial score (nSPS) is 15.4. The molecule has 30 heavy (non-hydrogen) atoms. The summed E-state index contributed by atoms with van der Waals surface area (Å²) < 4.78 is 3.46. The van der Waals surface area contributed by atoms with Crippen LogP contribution in [-0.2, 0) is 12.8 Å². The minimum atomic E-state index is -0.341. The molecular weight excluding hydrogens is 436 g/mol. The molecule has 3 aromatic rings. The van der Waals surface area contributed by atoms with Gasteiger partial charge in [0, 0.05) is 21.4 Å². The fourth-order valence-corrected chi connectivity index (χ4v) is 5.27. The molecule has 0 radical (unpaired) electrons. The van der Waals surface area contributed by atoms with E-state index in [-0.39, 0.29) is 11.9 Å². The second-order valence-corrected chi connectivity index (χ2v) is 9.15. The van der Waals surface area contributed by atoms with E-state index in [0.717, 1.165) is 47.0 Å². The topological polar surface area (TPSA) is 48.0 Å². The molecular formula is C26H29BrN2O. The highest BCUT2D eigenvalue weighted by molar-refractivity contribution is 9.10. The number of carbonyl (C=O) groups excluding carboxylic acids is 1. The lowest BCUT2D eigenvalue weighted by atomic mass is 9.97. The van der Waals surface area contributed by atoms with E-state index in [2.05, 4.69) is 70.7 Å². The van der Waals surface area contributed by atoms with Crippen molar-refractivity contribution in [1.29, 1.82) is 0 Å². The molecule has 1 aliphatic carbocycles. The number of nitrogens with zero attached hydrogens (tertiary/aromatic N) is 1. The van der Waals surface area contributed by atoms with E-state index < -0.39 is 0 Å². The number of primary amides is 1. The number of halogens is 1. The van der Waals surface area contributed by atoms with Gasteiger partial charge in [0.15, 0.2) is 0 Å². The van der Waals surface area contributed by atoms with Gasteiger partial charge in [0.05, 0.1) is 11.6 Å². The van der Waals surface area contributed by atoms with E-state index in [9.17, 15) is 4.79 Å². The fraction of sp³-hybridized carbons (Fsp3) is 0.346. The molecule has 0 spiro atoms. The Kier molecular flexibility index (Phi) is 6.14. The summed E-state index contributed by atoms with van der Waals surface area (Å²) in [6.07, 6.45) is 6.54. The van der Waals surface area contributed by atoms with Crippen LogP contribution < -0.4 is 5.73 Å². The highest BCUT2D eigenvalue weighted by Gasteiger charge is 2.31. The Morgan fingerprint density at radius 2 is 1.87 bits per heavy atom. The number of fused-ring (bicyclic) bond motifs is 1. The van der Waals surface area contributed by atoms with Gasteiger partial charge in [0.1, 0.15) is 0 Å². The number of amides is 1. The van der Waals surface area contributed by atoms with Crippen LogP contribution in [0.15, 0.2) is 53.0 Å². The van der Waals surface area contributed by atoms with E-state index in [1.54, 1.807) is 0 Å². The number of aromatic nitrogens is 1. The number of carbonyl (C=O) groups is 1. The average Bonchev–Trinajstić information content (AvgIpc) is 3.27. The minimum absolute atomic E-state index is 0.264. The van der Waals surface area contributed by atoms with Crippen molar-refractivity contribution >= 4 is 21.8 Å². The third-order valence-electron chi connectivity index (χ3n) is 6.36. The zero-order valence-corrected chi connectivity index (χ0v) is 19.3. The largest absolute Gasteiger partial charge is 0.366 e. The molecule has 2 N–H and O–H groups in total. The predicted molar refractivity (Wildman–Crippen MR) is 127 cm³/mol. The molecule has 0 bridgehead atoms. The van der Waals surface area contributed by atoms with Crippen molar-refractivity contribution in [3.05, 3.63) is 81.1 Å². The van der Waals surface area contributed by atoms with Crippen LogP contribution >= 0.6 is 15.9 Å². The lowest BCUT2D eigenvalue weighted by molar-refractivity contribution is 0.1000. The van der Waals surface area contributed by atoms with Crippen molar-refractivity contribution in [1.82, 2.24) is 4.57 Å². The zero-order valence-electron chi connectivity index (χ0n) is 17.7. The van der Waals surface area contributed by atoms with Gasteiger partial charge < -0.3 is 10.3 Å². The number of aryl methyl sites for hydroxylation is 1. The van der Waals surface area contributed by atoms with E-state index in [1.807, 2.05) is 12.1 Å². The van der Waals surface area contributed by atoms with Crippen LogP contribution in [0.5, 0.6) is 0 Å². The van der Waals surface area contributed by atoms with Gasteiger partial charge in [-0.05, 0) is 61.4 Å². The summed E-state index contributed by atoms with van der Waals surface area (Å²) in [5, 5.41) is 0. The van der Waals surface area contributed by atoms with E-state index in [1.165, 1.54) is 29.7 Å². The molecule has 0 aliphatic heterocycles. The van der Waals surface area contributed by atoms with Crippen molar-refractivity contribution in [3.8, 4) is 11.1 Å². The molecule has 4 rings (SSSR count). The Morgan fingerprint density at radius 1 is 1.13 bits per heavy atom. The Labute approximate surface area is 187 Å². The summed E-state index contributed by atoms with van der Waals surface area (Å²) in [4.78, 5) is 12.6. The lowest BCUT2D eigenvalue weighted by Gasteiger charge is -2.21. The number of benzene rings is 2. The summed E-state index contributed by atoms with van der Waals surface area (Å²) in [6, 6.07) is 17.2. The smallest absolute Gasteiger partial charge is 0.251 e. The van der Waals surface area contributed by atoms with Crippen LogP contribution in [0.1, 0.15) is 71.5 Å². The second kappa shape index (κ2) is 8.81. The van der Waals surface area contributed by atoms with Crippen LogP contribution in [0, 0.1) is 6.92 Å². The molecule has 0 fully saturated rings. The molecule has 1 heterocycles. The molecule has 1 aliphatic rings. The maximum absolute atomic E-state index is 12.6. The first-order valence-electron chi connectivity index (χ1n) is 10.9. The molecule has 2 aromatic carbocycles. The number of nitrogens with two attached hydrogens (primary N) is 1. The Morgan fingerprint density at radius 3 is 2.57 bits per heavy atom. The van der Waals surface area contributed by atoms with Crippen molar-refractivity contribution in [2.45, 2.75) is 58.4 Å². The van der Waals surface area contributed by atoms with Gasteiger partial charge in [-0.2, -0.15) is 0 Å². The van der Waals surface area contributed by atoms with Crippen LogP contribution in [0.3, 0.4) is 0 Å². The zero-order chi connectivity index (χ0) is 21.3. The van der Waals surface area contributed by atoms with Gasteiger partial charge in [0.2, 0.25) is 0 Å². The Hall–Kier alpha value is -2.33. The number of hydrogen-bond donors (Lipinski definition) is 1. The van der Waals surface area contributed by atoms with Gasteiger partial charge in [-0.3, -0.25) is 4.79 Å². The summed E-state index contributed by atoms with van der Waals surface area (Å²) >= 11 is 3.53. The van der Waals surface area contributed by atoms with Crippen molar-refractivity contribution in [2.75, 3.05) is 0 Å². The summed E-state index contributed by atoms with van der Waals surface area (Å²) in [6.45, 7) is 4.29. The number of hydrogen-bond acceptors (Lipinski definition) is 1. The van der Waals surface area contributed by atoms with Crippen LogP contribution in [-0.4, -0.2) is 10.5 Å². The molecule has 1 unspecified atom stereocenters. The highest BCUT2D eigenvalue weighted by atomic mass is 79.9. The van der Waals surface area contributed by atoms with E-state index in [0.29, 0.717) is 5.56 Å². The van der Waals surface area contributed by atoms with Gasteiger partial charge in [-0.1, -0.05) is 72.1 Å². The maximum atomic E-state index is 12.6. The average molecular weight is 465 g/mol. The fourth-order valence-electron chi connectivity index (χ4n) is 5.01. The molecule has 0 saturated carbocycles. The van der Waals surface area contributed by atoms with Gasteiger partial charge in [0.25, 0.3) is 5.91 Å². The molecule has 4 heteroatoms. The first kappa shape index (κ1) is 20.9. The standard InChI is InChI=1S/C26H29BrN2O/c1-3-4-5-10-23-25(19-11-14-20(27)15-12-19)24(26(28)30)17(2)29(23)22-16-13-18-8-6-7-9-21(18)22/h6-9,11-12,14-15,22H,3-5,10,13,16H2,1-2H3,(H2,28,30). The third kappa shape index (κ3) is 3.74. The molecule has 3 nitrogen and oxygen atoms in total. The SMILES string of the molecule is CCCCCc1c(-c2ccc(Br)cc2)c(C(N)=O)c(C)n1C1CCc2ccccc21. The molecule has 1 amide bonds. The Balaban J connectivity index is 1.94. The Bertz CT molecular complexity index is 1070. The van der Waals surface area contributed by atoms with Gasteiger partial charge >= 0.3 is 0 Å². The van der Waals surface area contributed by atoms with Crippen LogP contribution in [0.25, 0.3) is 11.1 Å². The minimum Gasteiger partial charge on any atom is -0.366 e. The second-order valence-electron chi connectivity index (χ2n) is 8.23. The first-order chi connectivity index (χ1) is 14.5. The summed E-state index contributed by atoms with van der Waals surface area (Å²) in [7, 11) is 0. The van der Waals surface area contributed by atoms with Crippen molar-refractivity contribution < 1.29 is 4.79 Å². The van der Waals surface area contributed by atoms with Crippen molar-refractivity contribution in [2.24, 2.45) is 5.73 Å². The third-order valence-corrected chi connectivity index (χ3v) is 6.89. The van der Waals surface area contributed by atoms with Gasteiger partial charge in [-0.25, -0.2) is 0 Å². The molecule has 156 valence electrons.